The topological polar surface area (TPSA) is 77.8 Å². The zero-order chi connectivity index (χ0) is 18.4. The molecule has 1 N–H and O–H groups in total. The van der Waals surface area contributed by atoms with E-state index in [1.165, 1.54) is 6.07 Å². The molecule has 3 rings (SSSR count). The summed E-state index contributed by atoms with van der Waals surface area (Å²) in [6.45, 7) is 2.61. The fourth-order valence-corrected chi connectivity index (χ4v) is 2.40. The summed E-state index contributed by atoms with van der Waals surface area (Å²) in [6.07, 6.45) is 0. The number of hydrogen-bond acceptors (Lipinski definition) is 5. The Bertz CT molecular complexity index is 964. The van der Waals surface area contributed by atoms with Crippen LogP contribution in [-0.4, -0.2) is 25.7 Å². The van der Waals surface area contributed by atoms with E-state index in [-0.39, 0.29) is 12.5 Å². The van der Waals surface area contributed by atoms with Gasteiger partial charge in [-0.2, -0.15) is 0 Å². The van der Waals surface area contributed by atoms with Crippen LogP contribution >= 0.6 is 0 Å². The zero-order valence-corrected chi connectivity index (χ0v) is 14.4. The summed E-state index contributed by atoms with van der Waals surface area (Å²) in [5.74, 6) is 0.971. The SMILES string of the molecule is Cc1cccc(OCCNC(=O)COc2ccc3ccc(=O)oc3c2)c1. The van der Waals surface area contributed by atoms with Crippen molar-refractivity contribution in [2.75, 3.05) is 19.8 Å². The standard InChI is InChI=1S/C20H19NO5/c1-14-3-2-4-16(11-14)24-10-9-21-19(22)13-25-17-7-5-15-6-8-20(23)26-18(15)12-17/h2-8,11-12H,9-10,13H2,1H3,(H,21,22). The number of rotatable bonds is 7. The Balaban J connectivity index is 1.43. The molecule has 0 radical (unpaired) electrons. The van der Waals surface area contributed by atoms with Gasteiger partial charge in [0, 0.05) is 17.5 Å². The molecule has 0 aliphatic heterocycles. The lowest BCUT2D eigenvalue weighted by molar-refractivity contribution is -0.123. The molecule has 134 valence electrons. The van der Waals surface area contributed by atoms with Crippen molar-refractivity contribution in [3.63, 3.8) is 0 Å². The molecule has 26 heavy (non-hydrogen) atoms. The van der Waals surface area contributed by atoms with Gasteiger partial charge in [-0.1, -0.05) is 12.1 Å². The summed E-state index contributed by atoms with van der Waals surface area (Å²) in [4.78, 5) is 23.1. The molecule has 0 spiro atoms. The van der Waals surface area contributed by atoms with Crippen LogP contribution in [0.5, 0.6) is 11.5 Å². The third-order valence-electron chi connectivity index (χ3n) is 3.65. The van der Waals surface area contributed by atoms with Gasteiger partial charge in [-0.25, -0.2) is 4.79 Å². The first-order valence-corrected chi connectivity index (χ1v) is 8.23. The average Bonchev–Trinajstić information content (AvgIpc) is 2.63. The summed E-state index contributed by atoms with van der Waals surface area (Å²) >= 11 is 0. The highest BCUT2D eigenvalue weighted by Gasteiger charge is 2.05. The molecule has 0 saturated carbocycles. The maximum absolute atomic E-state index is 11.8. The van der Waals surface area contributed by atoms with Gasteiger partial charge in [0.25, 0.3) is 5.91 Å². The molecule has 2 aromatic carbocycles. The van der Waals surface area contributed by atoms with Crippen LogP contribution < -0.4 is 20.4 Å². The largest absolute Gasteiger partial charge is 0.492 e. The maximum atomic E-state index is 11.8. The van der Waals surface area contributed by atoms with Crippen LogP contribution in [0.3, 0.4) is 0 Å². The molecule has 0 bridgehead atoms. The lowest BCUT2D eigenvalue weighted by Gasteiger charge is -2.09. The van der Waals surface area contributed by atoms with Gasteiger partial charge in [0.15, 0.2) is 6.61 Å². The van der Waals surface area contributed by atoms with Crippen LogP contribution in [0.4, 0.5) is 0 Å². The minimum Gasteiger partial charge on any atom is -0.492 e. The predicted octanol–water partition coefficient (Wildman–Crippen LogP) is 2.68. The van der Waals surface area contributed by atoms with Crippen molar-refractivity contribution < 1.29 is 18.7 Å². The molecule has 3 aromatic rings. The molecule has 6 heteroatoms. The number of amides is 1. The van der Waals surface area contributed by atoms with E-state index in [9.17, 15) is 9.59 Å². The van der Waals surface area contributed by atoms with E-state index in [0.29, 0.717) is 24.5 Å². The highest BCUT2D eigenvalue weighted by atomic mass is 16.5. The third-order valence-corrected chi connectivity index (χ3v) is 3.65. The third kappa shape index (κ3) is 4.86. The number of ether oxygens (including phenoxy) is 2. The number of benzene rings is 2. The lowest BCUT2D eigenvalue weighted by Crippen LogP contribution is -2.32. The number of carbonyl (C=O) groups excluding carboxylic acids is 1. The van der Waals surface area contributed by atoms with Crippen LogP contribution in [0.25, 0.3) is 11.0 Å². The average molecular weight is 353 g/mol. The van der Waals surface area contributed by atoms with Gasteiger partial charge >= 0.3 is 5.63 Å². The Kier molecular flexibility index (Phi) is 5.53. The Hall–Kier alpha value is -3.28. The summed E-state index contributed by atoms with van der Waals surface area (Å²) in [5.41, 5.74) is 1.11. The van der Waals surface area contributed by atoms with Gasteiger partial charge in [-0.15, -0.1) is 0 Å². The van der Waals surface area contributed by atoms with Gasteiger partial charge in [-0.3, -0.25) is 4.79 Å². The minimum atomic E-state index is -0.430. The van der Waals surface area contributed by atoms with Gasteiger partial charge in [0.1, 0.15) is 23.7 Å². The van der Waals surface area contributed by atoms with E-state index < -0.39 is 5.63 Å². The van der Waals surface area contributed by atoms with E-state index in [4.69, 9.17) is 13.9 Å². The number of carbonyl (C=O) groups is 1. The van der Waals surface area contributed by atoms with E-state index in [2.05, 4.69) is 5.32 Å². The van der Waals surface area contributed by atoms with E-state index in [0.717, 1.165) is 16.7 Å². The second-order valence-corrected chi connectivity index (χ2v) is 5.76. The Labute approximate surface area is 150 Å². The van der Waals surface area contributed by atoms with E-state index >= 15 is 0 Å². The Morgan fingerprint density at radius 2 is 1.85 bits per heavy atom. The van der Waals surface area contributed by atoms with Gasteiger partial charge in [0.2, 0.25) is 0 Å². The first-order valence-electron chi connectivity index (χ1n) is 8.23. The lowest BCUT2D eigenvalue weighted by atomic mass is 10.2. The first kappa shape index (κ1) is 17.5. The summed E-state index contributed by atoms with van der Waals surface area (Å²) in [6, 6.07) is 15.8. The van der Waals surface area contributed by atoms with Crippen LogP contribution in [0.1, 0.15) is 5.56 Å². The summed E-state index contributed by atoms with van der Waals surface area (Å²) in [7, 11) is 0. The van der Waals surface area contributed by atoms with Crippen molar-refractivity contribution in [2.45, 2.75) is 6.92 Å². The highest BCUT2D eigenvalue weighted by Crippen LogP contribution is 2.19. The summed E-state index contributed by atoms with van der Waals surface area (Å²) in [5, 5.41) is 3.51. The smallest absolute Gasteiger partial charge is 0.336 e. The fraction of sp³-hybridized carbons (Fsp3) is 0.200. The number of aryl methyl sites for hydroxylation is 1. The second kappa shape index (κ2) is 8.20. The van der Waals surface area contributed by atoms with Crippen molar-refractivity contribution >= 4 is 16.9 Å². The van der Waals surface area contributed by atoms with Crippen LogP contribution in [-0.2, 0) is 4.79 Å². The van der Waals surface area contributed by atoms with Crippen molar-refractivity contribution in [3.05, 3.63) is 70.6 Å². The second-order valence-electron chi connectivity index (χ2n) is 5.76. The van der Waals surface area contributed by atoms with Crippen molar-refractivity contribution in [3.8, 4) is 11.5 Å². The highest BCUT2D eigenvalue weighted by molar-refractivity contribution is 5.79. The van der Waals surface area contributed by atoms with Gasteiger partial charge < -0.3 is 19.2 Å². The molecule has 0 aliphatic rings. The molecule has 1 heterocycles. The molecule has 1 amide bonds. The maximum Gasteiger partial charge on any atom is 0.336 e. The number of fused-ring (bicyclic) bond motifs is 1. The number of hydrogen-bond donors (Lipinski definition) is 1. The van der Waals surface area contributed by atoms with Crippen LogP contribution in [0.2, 0.25) is 0 Å². The summed E-state index contributed by atoms with van der Waals surface area (Å²) < 4.78 is 16.1. The van der Waals surface area contributed by atoms with Crippen molar-refractivity contribution in [1.29, 1.82) is 0 Å². The van der Waals surface area contributed by atoms with Crippen molar-refractivity contribution in [2.24, 2.45) is 0 Å². The molecule has 0 aliphatic carbocycles. The monoisotopic (exact) mass is 353 g/mol. The molecular weight excluding hydrogens is 334 g/mol. The molecule has 0 unspecified atom stereocenters. The normalized spacial score (nSPS) is 10.5. The molecule has 1 aromatic heterocycles. The van der Waals surface area contributed by atoms with Gasteiger partial charge in [-0.05, 0) is 42.8 Å². The zero-order valence-electron chi connectivity index (χ0n) is 14.4. The Morgan fingerprint density at radius 3 is 2.69 bits per heavy atom. The van der Waals surface area contributed by atoms with Crippen LogP contribution in [0.15, 0.2) is 63.8 Å². The molecule has 0 saturated heterocycles. The fourth-order valence-electron chi connectivity index (χ4n) is 2.40. The van der Waals surface area contributed by atoms with E-state index in [1.54, 1.807) is 24.3 Å². The molecule has 0 fully saturated rings. The van der Waals surface area contributed by atoms with E-state index in [1.807, 2.05) is 31.2 Å². The molecule has 0 atom stereocenters. The Morgan fingerprint density at radius 1 is 1.04 bits per heavy atom. The molecular formula is C20H19NO5. The number of nitrogens with one attached hydrogen (secondary N) is 1. The van der Waals surface area contributed by atoms with Crippen molar-refractivity contribution in [1.82, 2.24) is 5.32 Å². The van der Waals surface area contributed by atoms with Crippen LogP contribution in [0, 0.1) is 6.92 Å². The minimum absolute atomic E-state index is 0.132. The quantitative estimate of drug-likeness (QED) is 0.522. The predicted molar refractivity (Wildman–Crippen MR) is 97.7 cm³/mol. The van der Waals surface area contributed by atoms with Gasteiger partial charge in [0.05, 0.1) is 6.54 Å². The first-order chi connectivity index (χ1) is 12.6. The molecule has 6 nitrogen and oxygen atoms in total.